The van der Waals surface area contributed by atoms with Crippen molar-refractivity contribution in [2.45, 2.75) is 19.8 Å². The molecular formula is C18H16N12O. The van der Waals surface area contributed by atoms with Gasteiger partial charge < -0.3 is 11.1 Å². The predicted octanol–water partition coefficient (Wildman–Crippen LogP) is 0.958. The number of nitrogen functional groups attached to an aromatic ring is 1. The third-order valence-electron chi connectivity index (χ3n) is 4.11. The number of nitrogens with one attached hydrogen (secondary N) is 1. The Morgan fingerprint density at radius 2 is 1.61 bits per heavy atom. The Balaban J connectivity index is 1.85. The van der Waals surface area contributed by atoms with E-state index < -0.39 is 0 Å². The van der Waals surface area contributed by atoms with Gasteiger partial charge in [0.05, 0.1) is 23.3 Å². The van der Waals surface area contributed by atoms with Gasteiger partial charge in [-0.2, -0.15) is 0 Å². The van der Waals surface area contributed by atoms with Gasteiger partial charge in [-0.15, -0.1) is 40.8 Å². The van der Waals surface area contributed by atoms with E-state index in [1.807, 2.05) is 6.92 Å². The lowest BCUT2D eigenvalue weighted by atomic mass is 10.1. The largest absolute Gasteiger partial charge is 0.397 e. The lowest BCUT2D eigenvalue weighted by Crippen LogP contribution is -2.12. The number of carbonyl (C=O) groups is 1. The Labute approximate surface area is 175 Å². The molecule has 0 bridgehead atoms. The van der Waals surface area contributed by atoms with Crippen molar-refractivity contribution in [3.63, 3.8) is 0 Å². The Kier molecular flexibility index (Phi) is 5.64. The van der Waals surface area contributed by atoms with Crippen LogP contribution in [0.15, 0.2) is 37.1 Å². The van der Waals surface area contributed by atoms with Gasteiger partial charge in [-0.25, -0.2) is 4.98 Å². The lowest BCUT2D eigenvalue weighted by molar-refractivity contribution is -0.116. The highest BCUT2D eigenvalue weighted by atomic mass is 16.1. The van der Waals surface area contributed by atoms with E-state index in [4.69, 9.17) is 5.73 Å². The van der Waals surface area contributed by atoms with Gasteiger partial charge in [0.1, 0.15) is 11.4 Å². The number of nitrogens with two attached hydrogens (primary N) is 1. The van der Waals surface area contributed by atoms with Crippen LogP contribution in [0.3, 0.4) is 0 Å². The van der Waals surface area contributed by atoms with Crippen LogP contribution < -0.4 is 11.1 Å². The first kappa shape index (κ1) is 19.8. The summed E-state index contributed by atoms with van der Waals surface area (Å²) in [7, 11) is 0. The number of nitrogens with zero attached hydrogens (tertiary/aromatic N) is 10. The maximum absolute atomic E-state index is 12.3. The second-order valence-electron chi connectivity index (χ2n) is 6.29. The highest BCUT2D eigenvalue weighted by molar-refractivity contribution is 5.96. The molecule has 0 atom stereocenters. The molecular weight excluding hydrogens is 400 g/mol. The van der Waals surface area contributed by atoms with Gasteiger partial charge in [0.25, 0.3) is 0 Å². The second-order valence-corrected chi connectivity index (χ2v) is 6.29. The van der Waals surface area contributed by atoms with Gasteiger partial charge in [-0.05, 0) is 24.6 Å². The van der Waals surface area contributed by atoms with Gasteiger partial charge in [0.2, 0.25) is 17.6 Å². The molecule has 13 nitrogen and oxygen atoms in total. The summed E-state index contributed by atoms with van der Waals surface area (Å²) < 4.78 is 0. The first-order valence-electron chi connectivity index (χ1n) is 9.24. The zero-order chi connectivity index (χ0) is 21.6. The Bertz CT molecular complexity index is 1200. The summed E-state index contributed by atoms with van der Waals surface area (Å²) in [5.41, 5.74) is 8.72. The third-order valence-corrected chi connectivity index (χ3v) is 4.11. The minimum Gasteiger partial charge on any atom is -0.397 e. The second kappa shape index (κ2) is 8.86. The molecule has 154 valence electrons. The zero-order valence-electron chi connectivity index (χ0n) is 16.3. The fourth-order valence-electron chi connectivity index (χ4n) is 2.74. The average molecular weight is 416 g/mol. The topological polar surface area (TPSA) is 184 Å². The van der Waals surface area contributed by atoms with Crippen LogP contribution in [0.5, 0.6) is 0 Å². The van der Waals surface area contributed by atoms with Crippen molar-refractivity contribution < 1.29 is 4.79 Å². The van der Waals surface area contributed by atoms with E-state index in [1.54, 1.807) is 18.2 Å². The van der Waals surface area contributed by atoms with Crippen molar-refractivity contribution >= 4 is 17.3 Å². The molecule has 0 aromatic carbocycles. The van der Waals surface area contributed by atoms with Crippen molar-refractivity contribution in [2.24, 2.45) is 0 Å². The van der Waals surface area contributed by atoms with E-state index in [-0.39, 0.29) is 17.6 Å². The molecule has 31 heavy (non-hydrogen) atoms. The normalized spacial score (nSPS) is 10.6. The van der Waals surface area contributed by atoms with Gasteiger partial charge in [0, 0.05) is 12.0 Å². The van der Waals surface area contributed by atoms with Crippen molar-refractivity contribution in [3.05, 3.63) is 37.1 Å². The first-order valence-corrected chi connectivity index (χ1v) is 9.24. The molecule has 0 unspecified atom stereocenters. The molecule has 0 radical (unpaired) electrons. The average Bonchev–Trinajstić information content (AvgIpc) is 2.81. The number of rotatable bonds is 6. The molecule has 0 spiro atoms. The molecule has 0 saturated carbocycles. The number of amides is 1. The molecule has 4 rings (SSSR count). The van der Waals surface area contributed by atoms with E-state index in [0.717, 1.165) is 0 Å². The predicted molar refractivity (Wildman–Crippen MR) is 109 cm³/mol. The van der Waals surface area contributed by atoms with Gasteiger partial charge in [-0.3, -0.25) is 9.78 Å². The van der Waals surface area contributed by atoms with Crippen LogP contribution in [0.25, 0.3) is 34.3 Å². The van der Waals surface area contributed by atoms with Gasteiger partial charge in [-0.1, -0.05) is 6.92 Å². The molecule has 0 aliphatic heterocycles. The molecule has 3 N–H and O–H groups in total. The maximum Gasteiger partial charge on any atom is 0.224 e. The van der Waals surface area contributed by atoms with E-state index >= 15 is 0 Å². The highest BCUT2D eigenvalue weighted by Gasteiger charge is 2.18. The van der Waals surface area contributed by atoms with Gasteiger partial charge in [0.15, 0.2) is 12.7 Å². The summed E-state index contributed by atoms with van der Waals surface area (Å²) in [5.74, 6) is 0.284. The van der Waals surface area contributed by atoms with Crippen molar-refractivity contribution in [2.75, 3.05) is 11.1 Å². The molecule has 4 aromatic heterocycles. The number of aromatic nitrogens is 10. The fraction of sp³-hybridized carbons (Fsp3) is 0.167. The van der Waals surface area contributed by atoms with Crippen molar-refractivity contribution in [3.8, 4) is 34.3 Å². The number of carbonyl (C=O) groups excluding carboxylic acids is 1. The number of pyridine rings is 2. The smallest absolute Gasteiger partial charge is 0.224 e. The van der Waals surface area contributed by atoms with Crippen LogP contribution in [-0.4, -0.2) is 56.7 Å². The van der Waals surface area contributed by atoms with Crippen molar-refractivity contribution in [1.29, 1.82) is 0 Å². The quantitative estimate of drug-likeness (QED) is 0.454. The van der Waals surface area contributed by atoms with Crippen LogP contribution in [0.2, 0.25) is 0 Å². The Morgan fingerprint density at radius 3 is 2.26 bits per heavy atom. The fourth-order valence-corrected chi connectivity index (χ4v) is 2.74. The summed E-state index contributed by atoms with van der Waals surface area (Å²) in [6.07, 6.45) is 4.98. The molecule has 13 heteroatoms. The summed E-state index contributed by atoms with van der Waals surface area (Å²) >= 11 is 0. The standard InChI is InChI=1S/C18H16N12O/c1-2-3-15(31)25-14-7-20-13(18-29-23-9-24-30-18)6-10(14)16-11(19)4-5-12(26-16)17-27-21-8-22-28-17/h4-9H,2-3,19H2,1H3,(H,25,31). The molecule has 0 fully saturated rings. The minimum atomic E-state index is -0.160. The minimum absolute atomic E-state index is 0.160. The Hall–Kier alpha value is -4.55. The monoisotopic (exact) mass is 416 g/mol. The molecule has 0 aliphatic rings. The number of anilines is 2. The third kappa shape index (κ3) is 4.39. The van der Waals surface area contributed by atoms with Crippen LogP contribution in [-0.2, 0) is 4.79 Å². The van der Waals surface area contributed by atoms with Crippen molar-refractivity contribution in [1.82, 2.24) is 50.8 Å². The van der Waals surface area contributed by atoms with Crippen LogP contribution in [0.4, 0.5) is 11.4 Å². The van der Waals surface area contributed by atoms with Crippen LogP contribution in [0.1, 0.15) is 19.8 Å². The highest BCUT2D eigenvalue weighted by Crippen LogP contribution is 2.34. The Morgan fingerprint density at radius 1 is 0.968 bits per heavy atom. The van der Waals surface area contributed by atoms with E-state index in [9.17, 15) is 4.79 Å². The number of hydrogen-bond donors (Lipinski definition) is 2. The molecule has 4 aromatic rings. The van der Waals surface area contributed by atoms with E-state index in [2.05, 4.69) is 56.1 Å². The van der Waals surface area contributed by atoms with Gasteiger partial charge >= 0.3 is 0 Å². The van der Waals surface area contributed by atoms with E-state index in [1.165, 1.54) is 18.9 Å². The first-order chi connectivity index (χ1) is 15.2. The lowest BCUT2D eigenvalue weighted by Gasteiger charge is -2.14. The van der Waals surface area contributed by atoms with Crippen LogP contribution >= 0.6 is 0 Å². The summed E-state index contributed by atoms with van der Waals surface area (Å²) in [6, 6.07) is 4.97. The zero-order valence-corrected chi connectivity index (χ0v) is 16.3. The summed E-state index contributed by atoms with van der Waals surface area (Å²) in [4.78, 5) is 21.2. The SMILES string of the molecule is CCCC(=O)Nc1cnc(-c2nncnn2)cc1-c1nc(-c2nncnn2)ccc1N. The molecule has 0 aliphatic carbocycles. The summed E-state index contributed by atoms with van der Waals surface area (Å²) in [5, 5.41) is 33.5. The maximum atomic E-state index is 12.3. The molecule has 0 saturated heterocycles. The van der Waals surface area contributed by atoms with Crippen LogP contribution in [0, 0.1) is 0 Å². The molecule has 1 amide bonds. The molecule has 4 heterocycles. The summed E-state index contributed by atoms with van der Waals surface area (Å²) in [6.45, 7) is 1.92. The van der Waals surface area contributed by atoms with E-state index in [0.29, 0.717) is 46.9 Å². The number of hydrogen-bond acceptors (Lipinski definition) is 12.